The van der Waals surface area contributed by atoms with Crippen LogP contribution in [0.15, 0.2) is 64.3 Å². The molecule has 6 heteroatoms. The number of benzene rings is 2. The molecule has 0 bridgehead atoms. The Hall–Kier alpha value is -3.05. The van der Waals surface area contributed by atoms with Crippen LogP contribution < -0.4 is 5.32 Å². The van der Waals surface area contributed by atoms with E-state index in [0.717, 1.165) is 33.7 Å². The number of carbonyl (C=O) groups excluding carboxylic acids is 1. The predicted molar refractivity (Wildman–Crippen MR) is 110 cm³/mol. The molecule has 0 amide bonds. The molecule has 0 saturated carbocycles. The first-order valence-corrected chi connectivity index (χ1v) is 9.93. The van der Waals surface area contributed by atoms with Crippen molar-refractivity contribution in [3.8, 4) is 5.75 Å². The third-order valence-electron chi connectivity index (χ3n) is 5.83. The molecule has 1 aliphatic heterocycles. The number of Topliss-reactive ketones (excluding diaryl/α,β-unsaturated/α-hetero) is 1. The molecule has 1 aromatic heterocycles. The number of hydrogen-bond donors (Lipinski definition) is 2. The Labute approximate surface area is 173 Å². The molecule has 2 heterocycles. The Morgan fingerprint density at radius 3 is 2.48 bits per heavy atom. The Morgan fingerprint density at radius 1 is 1.07 bits per heavy atom. The van der Waals surface area contributed by atoms with Crippen LogP contribution in [0.2, 0.25) is 5.02 Å². The van der Waals surface area contributed by atoms with Gasteiger partial charge in [0, 0.05) is 28.6 Å². The molecule has 146 valence electrons. The number of nitrogens with zero attached hydrogens (tertiary/aromatic N) is 1. The van der Waals surface area contributed by atoms with Crippen molar-refractivity contribution in [2.45, 2.75) is 31.6 Å². The fourth-order valence-corrected chi connectivity index (χ4v) is 4.57. The minimum Gasteiger partial charge on any atom is -0.508 e. The lowest BCUT2D eigenvalue weighted by molar-refractivity contribution is -0.116. The Bertz CT molecular complexity index is 1130. The smallest absolute Gasteiger partial charge is 0.233 e. The van der Waals surface area contributed by atoms with Crippen LogP contribution in [0.25, 0.3) is 0 Å². The minimum atomic E-state index is -0.258. The number of nitrogens with one attached hydrogen (secondary N) is 1. The number of rotatable bonds is 2. The number of aryl methyl sites for hydroxylation is 1. The number of aromatic nitrogens is 1. The third-order valence-corrected chi connectivity index (χ3v) is 6.08. The van der Waals surface area contributed by atoms with Crippen LogP contribution in [0.5, 0.6) is 5.75 Å². The van der Waals surface area contributed by atoms with Gasteiger partial charge in [-0.05, 0) is 54.7 Å². The number of halogens is 1. The van der Waals surface area contributed by atoms with Gasteiger partial charge in [-0.2, -0.15) is 0 Å². The monoisotopic (exact) mass is 406 g/mol. The predicted octanol–water partition coefficient (Wildman–Crippen LogP) is 5.30. The van der Waals surface area contributed by atoms with Gasteiger partial charge >= 0.3 is 0 Å². The van der Waals surface area contributed by atoms with Crippen molar-refractivity contribution in [2.75, 3.05) is 5.32 Å². The second kappa shape index (κ2) is 6.78. The van der Waals surface area contributed by atoms with Gasteiger partial charge in [-0.3, -0.25) is 4.79 Å². The highest BCUT2D eigenvalue weighted by Gasteiger charge is 2.41. The summed E-state index contributed by atoms with van der Waals surface area (Å²) < 4.78 is 5.53. The van der Waals surface area contributed by atoms with Gasteiger partial charge in [-0.1, -0.05) is 41.0 Å². The van der Waals surface area contributed by atoms with Crippen molar-refractivity contribution in [1.29, 1.82) is 0 Å². The van der Waals surface area contributed by atoms with E-state index in [4.69, 9.17) is 16.1 Å². The lowest BCUT2D eigenvalue weighted by atomic mass is 9.72. The summed E-state index contributed by atoms with van der Waals surface area (Å²) in [4.78, 5) is 13.3. The zero-order chi connectivity index (χ0) is 20.1. The van der Waals surface area contributed by atoms with Crippen LogP contribution in [0, 0.1) is 6.92 Å². The molecule has 1 aliphatic carbocycles. The highest BCUT2D eigenvalue weighted by atomic mass is 35.5. The molecule has 0 unspecified atom stereocenters. The summed E-state index contributed by atoms with van der Waals surface area (Å²) in [6.45, 7) is 1.88. The van der Waals surface area contributed by atoms with Crippen LogP contribution in [0.3, 0.4) is 0 Å². The lowest BCUT2D eigenvalue weighted by Crippen LogP contribution is -2.29. The van der Waals surface area contributed by atoms with Crippen LogP contribution >= 0.6 is 11.6 Å². The zero-order valence-electron chi connectivity index (χ0n) is 15.8. The molecule has 0 fully saturated rings. The van der Waals surface area contributed by atoms with Crippen molar-refractivity contribution in [1.82, 2.24) is 5.16 Å². The molecule has 0 saturated heterocycles. The average Bonchev–Trinajstić information content (AvgIpc) is 3.08. The quantitative estimate of drug-likeness (QED) is 0.604. The van der Waals surface area contributed by atoms with E-state index in [9.17, 15) is 9.90 Å². The zero-order valence-corrected chi connectivity index (χ0v) is 16.5. The Kier molecular flexibility index (Phi) is 4.21. The van der Waals surface area contributed by atoms with E-state index in [2.05, 4.69) is 10.5 Å². The van der Waals surface area contributed by atoms with Gasteiger partial charge in [0.05, 0.1) is 11.3 Å². The fourth-order valence-electron chi connectivity index (χ4n) is 4.44. The van der Waals surface area contributed by atoms with E-state index in [1.54, 1.807) is 12.1 Å². The highest BCUT2D eigenvalue weighted by molar-refractivity contribution is 6.30. The number of carbonyl (C=O) groups is 1. The second-order valence-corrected chi connectivity index (χ2v) is 8.07. The van der Waals surface area contributed by atoms with Gasteiger partial charge in [-0.15, -0.1) is 0 Å². The van der Waals surface area contributed by atoms with Gasteiger partial charge in [0.2, 0.25) is 5.88 Å². The summed E-state index contributed by atoms with van der Waals surface area (Å²) in [6, 6.07) is 14.7. The standard InChI is InChI=1S/C23H19ClN2O3/c1-12-20-21(14-4-8-17(27)9-5-14)22-18(25-23(20)29-26-12)10-15(11-19(22)28)13-2-6-16(24)7-3-13/h2-9,15,21,25,27H,10-11H2,1H3/t15-,21-/m1/s1. The van der Waals surface area contributed by atoms with Crippen LogP contribution in [-0.2, 0) is 4.79 Å². The molecule has 2 N–H and O–H groups in total. The second-order valence-electron chi connectivity index (χ2n) is 7.63. The first-order valence-electron chi connectivity index (χ1n) is 9.55. The summed E-state index contributed by atoms with van der Waals surface area (Å²) >= 11 is 6.02. The molecular formula is C23H19ClN2O3. The Morgan fingerprint density at radius 2 is 1.76 bits per heavy atom. The summed E-state index contributed by atoms with van der Waals surface area (Å²) in [5.41, 5.74) is 5.31. The molecule has 2 aromatic carbocycles. The van der Waals surface area contributed by atoms with Crippen LogP contribution in [0.1, 0.15) is 47.1 Å². The maximum Gasteiger partial charge on any atom is 0.233 e. The topological polar surface area (TPSA) is 75.4 Å². The number of aromatic hydroxyl groups is 1. The number of phenols is 1. The lowest BCUT2D eigenvalue weighted by Gasteiger charge is -2.34. The van der Waals surface area contributed by atoms with E-state index in [1.165, 1.54) is 0 Å². The van der Waals surface area contributed by atoms with E-state index < -0.39 is 0 Å². The summed E-state index contributed by atoms with van der Waals surface area (Å²) in [7, 11) is 0. The first-order chi connectivity index (χ1) is 14.0. The highest BCUT2D eigenvalue weighted by Crippen LogP contribution is 2.49. The molecule has 3 aromatic rings. The maximum absolute atomic E-state index is 13.3. The number of hydrogen-bond acceptors (Lipinski definition) is 5. The van der Waals surface area contributed by atoms with Crippen molar-refractivity contribution in [2.24, 2.45) is 0 Å². The summed E-state index contributed by atoms with van der Waals surface area (Å²) in [5.74, 6) is 0.715. The molecule has 2 atom stereocenters. The van der Waals surface area contributed by atoms with Gasteiger partial charge in [0.1, 0.15) is 5.75 Å². The maximum atomic E-state index is 13.3. The van der Waals surface area contributed by atoms with E-state index >= 15 is 0 Å². The minimum absolute atomic E-state index is 0.0806. The van der Waals surface area contributed by atoms with E-state index in [-0.39, 0.29) is 23.4 Å². The summed E-state index contributed by atoms with van der Waals surface area (Å²) in [5, 5.41) is 17.8. The van der Waals surface area contributed by atoms with Crippen molar-refractivity contribution in [3.63, 3.8) is 0 Å². The molecule has 29 heavy (non-hydrogen) atoms. The van der Waals surface area contributed by atoms with Crippen molar-refractivity contribution >= 4 is 23.3 Å². The number of ketones is 1. The van der Waals surface area contributed by atoms with Crippen LogP contribution in [-0.4, -0.2) is 16.0 Å². The first kappa shape index (κ1) is 18.0. The number of fused-ring (bicyclic) bond motifs is 1. The van der Waals surface area contributed by atoms with Gasteiger partial charge < -0.3 is 14.9 Å². The average molecular weight is 407 g/mol. The molecule has 5 nitrogen and oxygen atoms in total. The van der Waals surface area contributed by atoms with Crippen molar-refractivity contribution in [3.05, 3.63) is 87.2 Å². The Balaban J connectivity index is 1.61. The summed E-state index contributed by atoms with van der Waals surface area (Å²) in [6.07, 6.45) is 1.15. The van der Waals surface area contributed by atoms with Crippen LogP contribution in [0.4, 0.5) is 5.88 Å². The number of anilines is 1. The van der Waals surface area contributed by atoms with Gasteiger partial charge in [0.25, 0.3) is 0 Å². The molecule has 2 aliphatic rings. The molecule has 0 radical (unpaired) electrons. The molecule has 5 rings (SSSR count). The fraction of sp³-hybridized carbons (Fsp3) is 0.217. The number of phenolic OH excluding ortho intramolecular Hbond substituents is 1. The normalized spacial score (nSPS) is 20.8. The van der Waals surface area contributed by atoms with Crippen molar-refractivity contribution < 1.29 is 14.4 Å². The van der Waals surface area contributed by atoms with Gasteiger partial charge in [-0.25, -0.2) is 0 Å². The van der Waals surface area contributed by atoms with E-state index in [1.807, 2.05) is 43.3 Å². The molecular weight excluding hydrogens is 388 g/mol. The van der Waals surface area contributed by atoms with E-state index in [0.29, 0.717) is 23.7 Å². The SMILES string of the molecule is Cc1noc2c1[C@@H](c1ccc(O)cc1)C1=C(C[C@@H](c3ccc(Cl)cc3)CC1=O)N2. The molecule has 0 spiro atoms. The van der Waals surface area contributed by atoms with Gasteiger partial charge in [0.15, 0.2) is 5.78 Å². The third kappa shape index (κ3) is 3.02. The number of allylic oxidation sites excluding steroid dienone is 2. The largest absolute Gasteiger partial charge is 0.508 e.